The molecule has 9 nitrogen and oxygen atoms in total. The molecule has 0 atom stereocenters. The van der Waals surface area contributed by atoms with Gasteiger partial charge in [-0.1, -0.05) is 28.9 Å². The van der Waals surface area contributed by atoms with E-state index in [1.165, 1.54) is 57.5 Å². The Labute approximate surface area is 222 Å². The van der Waals surface area contributed by atoms with Gasteiger partial charge in [-0.15, -0.1) is 0 Å². The number of rotatable bonds is 8. The van der Waals surface area contributed by atoms with Crippen LogP contribution in [-0.2, 0) is 4.79 Å². The van der Waals surface area contributed by atoms with Crippen LogP contribution in [0.2, 0.25) is 5.02 Å². The quantitative estimate of drug-likeness (QED) is 0.289. The van der Waals surface area contributed by atoms with Gasteiger partial charge in [-0.2, -0.15) is 0 Å². The molecular formula is C27H23ClFN3O6. The monoisotopic (exact) mass is 539 g/mol. The number of benzene rings is 3. The fourth-order valence-electron chi connectivity index (χ4n) is 3.91. The molecule has 0 spiro atoms. The Kier molecular flexibility index (Phi) is 7.82. The van der Waals surface area contributed by atoms with Crippen LogP contribution in [0.4, 0.5) is 21.5 Å². The lowest BCUT2D eigenvalue weighted by atomic mass is 10.1. The van der Waals surface area contributed by atoms with Crippen molar-refractivity contribution in [3.63, 3.8) is 0 Å². The lowest BCUT2D eigenvalue weighted by molar-refractivity contribution is -0.114. The van der Waals surface area contributed by atoms with E-state index in [2.05, 4.69) is 10.5 Å². The normalized spacial score (nSPS) is 10.6. The number of methoxy groups -OCH3 is 3. The molecule has 0 saturated heterocycles. The predicted molar refractivity (Wildman–Crippen MR) is 140 cm³/mol. The van der Waals surface area contributed by atoms with Crippen LogP contribution in [0.1, 0.15) is 17.3 Å². The van der Waals surface area contributed by atoms with Crippen LogP contribution in [0.3, 0.4) is 0 Å². The second-order valence-electron chi connectivity index (χ2n) is 7.92. The molecule has 2 amide bonds. The van der Waals surface area contributed by atoms with Crippen LogP contribution >= 0.6 is 11.6 Å². The number of nitrogens with one attached hydrogen (secondary N) is 1. The molecule has 1 aromatic heterocycles. The van der Waals surface area contributed by atoms with Gasteiger partial charge in [0.15, 0.2) is 17.3 Å². The summed E-state index contributed by atoms with van der Waals surface area (Å²) in [6.07, 6.45) is 1.18. The van der Waals surface area contributed by atoms with Crippen molar-refractivity contribution in [2.24, 2.45) is 0 Å². The zero-order chi connectivity index (χ0) is 27.4. The first-order valence-corrected chi connectivity index (χ1v) is 11.6. The smallest absolute Gasteiger partial charge is 0.268 e. The number of halogens is 2. The molecule has 0 unspecified atom stereocenters. The minimum absolute atomic E-state index is 0.0443. The average molecular weight is 540 g/mol. The third-order valence-corrected chi connectivity index (χ3v) is 5.84. The van der Waals surface area contributed by atoms with Crippen molar-refractivity contribution in [2.75, 3.05) is 31.5 Å². The number of hydrogen-bond donors (Lipinski definition) is 1. The molecule has 0 bridgehead atoms. The number of hydrogen-bond acceptors (Lipinski definition) is 7. The van der Waals surface area contributed by atoms with Crippen molar-refractivity contribution >= 4 is 40.5 Å². The van der Waals surface area contributed by atoms with Gasteiger partial charge in [0.05, 0.1) is 49.5 Å². The molecule has 0 radical (unpaired) electrons. The van der Waals surface area contributed by atoms with Gasteiger partial charge in [0.1, 0.15) is 11.4 Å². The Morgan fingerprint density at radius 2 is 1.66 bits per heavy atom. The van der Waals surface area contributed by atoms with Gasteiger partial charge in [-0.3, -0.25) is 14.5 Å². The molecule has 4 aromatic rings. The minimum Gasteiger partial charge on any atom is -0.493 e. The van der Waals surface area contributed by atoms with E-state index in [4.69, 9.17) is 30.3 Å². The summed E-state index contributed by atoms with van der Waals surface area (Å²) in [7, 11) is 4.35. The van der Waals surface area contributed by atoms with Crippen LogP contribution in [0.5, 0.6) is 17.2 Å². The lowest BCUT2D eigenvalue weighted by Gasteiger charge is -2.25. The van der Waals surface area contributed by atoms with Crippen LogP contribution in [0.15, 0.2) is 65.3 Å². The summed E-state index contributed by atoms with van der Waals surface area (Å²) in [5.74, 6) is -0.843. The summed E-state index contributed by atoms with van der Waals surface area (Å²) in [5.41, 5.74) is 0.962. The third-order valence-electron chi connectivity index (χ3n) is 5.53. The van der Waals surface area contributed by atoms with E-state index >= 15 is 0 Å². The van der Waals surface area contributed by atoms with Gasteiger partial charge in [0, 0.05) is 24.7 Å². The van der Waals surface area contributed by atoms with E-state index < -0.39 is 11.7 Å². The molecule has 1 N–H and O–H groups in total. The molecule has 0 saturated carbocycles. The number of carbonyl (C=O) groups excluding carboxylic acids is 2. The standard InChI is InChI=1S/C27H23ClFN3O6/c1-15(33)31-16-7-5-8-17(11-16)32(18-12-22(35-2)26(37-4)23(13-18)36-3)27(34)19-14-30-38-25(19)24-20(28)9-6-10-21(24)29/h5-14H,1-4H3,(H,31,33). The zero-order valence-electron chi connectivity index (χ0n) is 20.9. The van der Waals surface area contributed by atoms with E-state index in [-0.39, 0.29) is 27.8 Å². The van der Waals surface area contributed by atoms with Gasteiger partial charge < -0.3 is 24.1 Å². The lowest BCUT2D eigenvalue weighted by Crippen LogP contribution is -2.26. The number of nitrogens with zero attached hydrogens (tertiary/aromatic N) is 2. The third kappa shape index (κ3) is 5.12. The van der Waals surface area contributed by atoms with Crippen molar-refractivity contribution in [1.29, 1.82) is 0 Å². The minimum atomic E-state index is -0.685. The van der Waals surface area contributed by atoms with Crippen LogP contribution in [0, 0.1) is 5.82 Å². The summed E-state index contributed by atoms with van der Waals surface area (Å²) in [4.78, 5) is 27.2. The topological polar surface area (TPSA) is 103 Å². The Balaban J connectivity index is 1.94. The van der Waals surface area contributed by atoms with E-state index in [0.29, 0.717) is 34.3 Å². The Morgan fingerprint density at radius 3 is 2.26 bits per heavy atom. The van der Waals surface area contributed by atoms with Crippen LogP contribution in [0.25, 0.3) is 11.3 Å². The molecule has 0 aliphatic heterocycles. The Morgan fingerprint density at radius 1 is 0.974 bits per heavy atom. The van der Waals surface area contributed by atoms with E-state index in [1.807, 2.05) is 0 Å². The van der Waals surface area contributed by atoms with E-state index in [0.717, 1.165) is 0 Å². The molecule has 38 heavy (non-hydrogen) atoms. The highest BCUT2D eigenvalue weighted by atomic mass is 35.5. The highest BCUT2D eigenvalue weighted by Crippen LogP contribution is 2.44. The van der Waals surface area contributed by atoms with Crippen molar-refractivity contribution in [3.05, 3.63) is 77.2 Å². The number of carbonyl (C=O) groups is 2. The maximum absolute atomic E-state index is 14.8. The van der Waals surface area contributed by atoms with Crippen molar-refractivity contribution in [2.45, 2.75) is 6.92 Å². The van der Waals surface area contributed by atoms with Crippen molar-refractivity contribution < 1.29 is 32.7 Å². The average Bonchev–Trinajstić information content (AvgIpc) is 3.37. The van der Waals surface area contributed by atoms with Crippen molar-refractivity contribution in [1.82, 2.24) is 5.16 Å². The summed E-state index contributed by atoms with van der Waals surface area (Å²) in [6.45, 7) is 1.37. The molecule has 3 aromatic carbocycles. The summed E-state index contributed by atoms with van der Waals surface area (Å²) in [6, 6.07) is 13.9. The first kappa shape index (κ1) is 26.5. The SMILES string of the molecule is COc1cc(N(C(=O)c2cnoc2-c2c(F)cccc2Cl)c2cccc(NC(C)=O)c2)cc(OC)c1OC. The molecule has 4 rings (SSSR count). The second-order valence-corrected chi connectivity index (χ2v) is 8.33. The summed E-state index contributed by atoms with van der Waals surface area (Å²) < 4.78 is 36.5. The largest absolute Gasteiger partial charge is 0.493 e. The number of anilines is 3. The molecule has 1 heterocycles. The second kappa shape index (κ2) is 11.2. The number of aromatic nitrogens is 1. The van der Waals surface area contributed by atoms with Gasteiger partial charge in [0.2, 0.25) is 11.7 Å². The van der Waals surface area contributed by atoms with Crippen molar-refractivity contribution in [3.8, 4) is 28.6 Å². The fourth-order valence-corrected chi connectivity index (χ4v) is 4.16. The molecule has 11 heteroatoms. The summed E-state index contributed by atoms with van der Waals surface area (Å²) in [5, 5.41) is 6.49. The Hall–Kier alpha value is -4.57. The van der Waals surface area contributed by atoms with Crippen LogP contribution in [-0.4, -0.2) is 38.3 Å². The predicted octanol–water partition coefficient (Wildman–Crippen LogP) is 6.10. The maximum Gasteiger partial charge on any atom is 0.268 e. The highest BCUT2D eigenvalue weighted by molar-refractivity contribution is 6.33. The van der Waals surface area contributed by atoms with Gasteiger partial charge >= 0.3 is 0 Å². The summed E-state index contributed by atoms with van der Waals surface area (Å²) >= 11 is 6.25. The Bertz CT molecular complexity index is 1460. The van der Waals surface area contributed by atoms with Crippen LogP contribution < -0.4 is 24.4 Å². The number of amides is 2. The van der Waals surface area contributed by atoms with E-state index in [9.17, 15) is 14.0 Å². The number of ether oxygens (including phenoxy) is 3. The van der Waals surface area contributed by atoms with Gasteiger partial charge in [-0.05, 0) is 30.3 Å². The highest BCUT2D eigenvalue weighted by Gasteiger charge is 2.30. The van der Waals surface area contributed by atoms with Gasteiger partial charge in [0.25, 0.3) is 5.91 Å². The molecule has 0 aliphatic carbocycles. The molecule has 196 valence electrons. The molecular weight excluding hydrogens is 517 g/mol. The van der Waals surface area contributed by atoms with Gasteiger partial charge in [-0.25, -0.2) is 4.39 Å². The fraction of sp³-hybridized carbons (Fsp3) is 0.148. The van der Waals surface area contributed by atoms with E-state index in [1.54, 1.807) is 36.4 Å². The zero-order valence-corrected chi connectivity index (χ0v) is 21.6. The maximum atomic E-state index is 14.8. The first-order chi connectivity index (χ1) is 18.3. The molecule has 0 fully saturated rings. The molecule has 0 aliphatic rings. The first-order valence-electron chi connectivity index (χ1n) is 11.2.